The highest BCUT2D eigenvalue weighted by molar-refractivity contribution is 7.80. The molecule has 0 atom stereocenters. The minimum absolute atomic E-state index is 0.0307. The number of hydrogen-bond donors (Lipinski definition) is 2. The topological polar surface area (TPSA) is 93.7 Å². The Morgan fingerprint density at radius 2 is 1.59 bits per heavy atom. The van der Waals surface area contributed by atoms with Crippen LogP contribution in [0.25, 0.3) is 0 Å². The summed E-state index contributed by atoms with van der Waals surface area (Å²) in [5.41, 5.74) is 1.98. The van der Waals surface area contributed by atoms with Crippen molar-refractivity contribution in [2.24, 2.45) is 0 Å². The van der Waals surface area contributed by atoms with Gasteiger partial charge in [-0.05, 0) is 69.7 Å². The van der Waals surface area contributed by atoms with E-state index in [1.165, 1.54) is 6.92 Å². The number of thiophene rings is 1. The molecule has 154 valence electrons. The lowest BCUT2D eigenvalue weighted by atomic mass is 10.1. The zero-order valence-electron chi connectivity index (χ0n) is 16.6. The molecule has 1 aromatic heterocycles. The van der Waals surface area contributed by atoms with Crippen LogP contribution >= 0.6 is 23.6 Å². The molecule has 0 aliphatic carbocycles. The van der Waals surface area contributed by atoms with Gasteiger partial charge in [-0.25, -0.2) is 9.59 Å². The minimum atomic E-state index is -0.548. The van der Waals surface area contributed by atoms with Crippen LogP contribution in [0, 0.1) is 6.92 Å². The number of hydrogen-bond acceptors (Lipinski definition) is 7. The van der Waals surface area contributed by atoms with E-state index >= 15 is 0 Å². The number of carbonyl (C=O) groups is 3. The van der Waals surface area contributed by atoms with E-state index in [0.29, 0.717) is 26.7 Å². The van der Waals surface area contributed by atoms with Crippen LogP contribution in [0.5, 0.6) is 0 Å². The summed E-state index contributed by atoms with van der Waals surface area (Å²) in [6, 6.07) is 6.82. The summed E-state index contributed by atoms with van der Waals surface area (Å²) < 4.78 is 10.2. The standard InChI is InChI=1S/C20H22N2O5S2/c1-5-26-18(24)15-11(3)16(19(25)27-6-2)29-17(15)22-20(28)21-14-9-7-13(8-10-14)12(4)23/h7-10H,5-6H2,1-4H3,(H2,21,22,28). The molecule has 0 aliphatic rings. The number of Topliss-reactive ketones (excluding diaryl/α,β-unsaturated/α-hetero) is 1. The van der Waals surface area contributed by atoms with Crippen molar-refractivity contribution in [2.75, 3.05) is 23.8 Å². The van der Waals surface area contributed by atoms with Gasteiger partial charge in [0.15, 0.2) is 10.9 Å². The van der Waals surface area contributed by atoms with Crippen LogP contribution in [-0.4, -0.2) is 36.0 Å². The molecule has 1 aromatic carbocycles. The predicted octanol–water partition coefficient (Wildman–Crippen LogP) is 4.42. The molecule has 0 bridgehead atoms. The zero-order chi connectivity index (χ0) is 21.6. The van der Waals surface area contributed by atoms with Crippen molar-refractivity contribution in [1.29, 1.82) is 0 Å². The third kappa shape index (κ3) is 5.61. The van der Waals surface area contributed by atoms with Crippen molar-refractivity contribution in [3.05, 3.63) is 45.8 Å². The molecular weight excluding hydrogens is 412 g/mol. The number of anilines is 2. The average Bonchev–Trinajstić information content (AvgIpc) is 2.98. The van der Waals surface area contributed by atoms with Gasteiger partial charge in [-0.1, -0.05) is 0 Å². The van der Waals surface area contributed by atoms with Gasteiger partial charge in [0.25, 0.3) is 0 Å². The normalized spacial score (nSPS) is 10.2. The van der Waals surface area contributed by atoms with Gasteiger partial charge in [0.2, 0.25) is 0 Å². The molecule has 0 radical (unpaired) electrons. The van der Waals surface area contributed by atoms with Gasteiger partial charge >= 0.3 is 11.9 Å². The smallest absolute Gasteiger partial charge is 0.348 e. The van der Waals surface area contributed by atoms with Crippen LogP contribution in [0.3, 0.4) is 0 Å². The fourth-order valence-corrected chi connectivity index (χ4v) is 3.87. The number of rotatable bonds is 7. The first-order chi connectivity index (χ1) is 13.8. The van der Waals surface area contributed by atoms with Crippen LogP contribution in [0.2, 0.25) is 0 Å². The van der Waals surface area contributed by atoms with E-state index in [0.717, 1.165) is 11.3 Å². The molecule has 7 nitrogen and oxygen atoms in total. The summed E-state index contributed by atoms with van der Waals surface area (Å²) in [5, 5.41) is 6.56. The zero-order valence-corrected chi connectivity index (χ0v) is 18.2. The molecule has 29 heavy (non-hydrogen) atoms. The molecule has 2 rings (SSSR count). The molecule has 2 aromatic rings. The van der Waals surface area contributed by atoms with Crippen molar-refractivity contribution in [1.82, 2.24) is 0 Å². The summed E-state index contributed by atoms with van der Waals surface area (Å²) in [4.78, 5) is 36.3. The molecule has 1 heterocycles. The van der Waals surface area contributed by atoms with Crippen LogP contribution in [-0.2, 0) is 9.47 Å². The highest BCUT2D eigenvalue weighted by Crippen LogP contribution is 2.34. The van der Waals surface area contributed by atoms with Gasteiger partial charge in [-0.2, -0.15) is 0 Å². The van der Waals surface area contributed by atoms with Gasteiger partial charge in [0.1, 0.15) is 9.88 Å². The Bertz CT molecular complexity index is 935. The highest BCUT2D eigenvalue weighted by atomic mass is 32.1. The number of carbonyl (C=O) groups excluding carboxylic acids is 3. The Morgan fingerprint density at radius 1 is 1.00 bits per heavy atom. The Kier molecular flexibility index (Phi) is 7.86. The maximum atomic E-state index is 12.4. The van der Waals surface area contributed by atoms with Crippen LogP contribution in [0.4, 0.5) is 10.7 Å². The third-order valence-corrected chi connectivity index (χ3v) is 5.25. The van der Waals surface area contributed by atoms with Crippen molar-refractivity contribution >= 4 is 57.1 Å². The van der Waals surface area contributed by atoms with Crippen LogP contribution < -0.4 is 10.6 Å². The van der Waals surface area contributed by atoms with Crippen LogP contribution in [0.1, 0.15) is 56.7 Å². The Labute approximate surface area is 178 Å². The lowest BCUT2D eigenvalue weighted by Gasteiger charge is -2.11. The number of nitrogens with one attached hydrogen (secondary N) is 2. The summed E-state index contributed by atoms with van der Waals surface area (Å²) in [5.74, 6) is -1.09. The Morgan fingerprint density at radius 3 is 2.14 bits per heavy atom. The monoisotopic (exact) mass is 434 g/mol. The second-order valence-corrected chi connectivity index (χ2v) is 7.34. The fourth-order valence-electron chi connectivity index (χ4n) is 2.50. The van der Waals surface area contributed by atoms with Crippen molar-refractivity contribution < 1.29 is 23.9 Å². The predicted molar refractivity (Wildman–Crippen MR) is 117 cm³/mol. The first-order valence-electron chi connectivity index (χ1n) is 8.95. The lowest BCUT2D eigenvalue weighted by Crippen LogP contribution is -2.20. The summed E-state index contributed by atoms with van der Waals surface area (Å²) in [7, 11) is 0. The molecule has 0 amide bonds. The van der Waals surface area contributed by atoms with E-state index in [2.05, 4.69) is 10.6 Å². The third-order valence-electron chi connectivity index (χ3n) is 3.86. The summed E-state index contributed by atoms with van der Waals surface area (Å²) >= 11 is 6.41. The quantitative estimate of drug-likeness (QED) is 0.376. The Hall–Kier alpha value is -2.78. The average molecular weight is 435 g/mol. The Balaban J connectivity index is 2.26. The fraction of sp³-hybridized carbons (Fsp3) is 0.300. The van der Waals surface area contributed by atoms with E-state index in [4.69, 9.17) is 21.7 Å². The van der Waals surface area contributed by atoms with E-state index in [1.54, 1.807) is 45.0 Å². The van der Waals surface area contributed by atoms with Gasteiger partial charge in [0.05, 0.1) is 18.8 Å². The van der Waals surface area contributed by atoms with Gasteiger partial charge < -0.3 is 20.1 Å². The first-order valence-corrected chi connectivity index (χ1v) is 10.2. The minimum Gasteiger partial charge on any atom is -0.462 e. The number of ketones is 1. The molecule has 0 saturated carbocycles. The molecule has 0 unspecified atom stereocenters. The van der Waals surface area contributed by atoms with Crippen molar-refractivity contribution in [2.45, 2.75) is 27.7 Å². The highest BCUT2D eigenvalue weighted by Gasteiger charge is 2.26. The number of thiocarbonyl (C=S) groups is 1. The van der Waals surface area contributed by atoms with Gasteiger partial charge in [-0.15, -0.1) is 11.3 Å². The summed E-state index contributed by atoms with van der Waals surface area (Å²) in [6.07, 6.45) is 0. The van der Waals surface area contributed by atoms with E-state index in [1.807, 2.05) is 0 Å². The SMILES string of the molecule is CCOC(=O)c1sc(NC(=S)Nc2ccc(C(C)=O)cc2)c(C(=O)OCC)c1C. The van der Waals surface area contributed by atoms with E-state index in [9.17, 15) is 14.4 Å². The van der Waals surface area contributed by atoms with Crippen molar-refractivity contribution in [3.63, 3.8) is 0 Å². The molecule has 0 saturated heterocycles. The molecule has 9 heteroatoms. The molecule has 2 N–H and O–H groups in total. The largest absolute Gasteiger partial charge is 0.462 e. The number of benzene rings is 1. The first kappa shape index (κ1) is 22.5. The molecule has 0 spiro atoms. The molecular formula is C20H22N2O5S2. The lowest BCUT2D eigenvalue weighted by molar-refractivity contribution is 0.0527. The second kappa shape index (κ2) is 10.1. The summed E-state index contributed by atoms with van der Waals surface area (Å²) in [6.45, 7) is 7.00. The van der Waals surface area contributed by atoms with Crippen LogP contribution in [0.15, 0.2) is 24.3 Å². The van der Waals surface area contributed by atoms with Gasteiger partial charge in [0, 0.05) is 11.3 Å². The van der Waals surface area contributed by atoms with E-state index < -0.39 is 11.9 Å². The maximum Gasteiger partial charge on any atom is 0.348 e. The molecule has 0 aliphatic heterocycles. The van der Waals surface area contributed by atoms with Gasteiger partial charge in [-0.3, -0.25) is 4.79 Å². The molecule has 0 fully saturated rings. The van der Waals surface area contributed by atoms with Crippen molar-refractivity contribution in [3.8, 4) is 0 Å². The second-order valence-electron chi connectivity index (χ2n) is 5.91. The number of esters is 2. The van der Waals surface area contributed by atoms with E-state index in [-0.39, 0.29) is 29.7 Å². The maximum absolute atomic E-state index is 12.4. The number of ether oxygens (including phenoxy) is 2.